The lowest BCUT2D eigenvalue weighted by molar-refractivity contribution is 0.309. The Balaban J connectivity index is 1.57. The molecule has 1 unspecified atom stereocenters. The van der Waals surface area contributed by atoms with Gasteiger partial charge in [-0.25, -0.2) is 0 Å². The quantitative estimate of drug-likeness (QED) is 0.888. The highest BCUT2D eigenvalue weighted by Crippen LogP contribution is 2.29. The predicted molar refractivity (Wildman–Crippen MR) is 74.2 cm³/mol. The van der Waals surface area contributed by atoms with Gasteiger partial charge in [0.05, 0.1) is 0 Å². The van der Waals surface area contributed by atoms with E-state index in [4.69, 9.17) is 4.74 Å². The van der Waals surface area contributed by atoms with Crippen molar-refractivity contribution in [1.29, 1.82) is 0 Å². The van der Waals surface area contributed by atoms with E-state index in [2.05, 4.69) is 35.3 Å². The second-order valence-corrected chi connectivity index (χ2v) is 6.20. The molecule has 0 radical (unpaired) electrons. The summed E-state index contributed by atoms with van der Waals surface area (Å²) in [4.78, 5) is 0. The molecule has 0 spiro atoms. The summed E-state index contributed by atoms with van der Waals surface area (Å²) in [6.45, 7) is 1.94. The molecule has 3 rings (SSSR count). The topological polar surface area (TPSA) is 21.3 Å². The second kappa shape index (κ2) is 5.21. The summed E-state index contributed by atoms with van der Waals surface area (Å²) in [5.41, 5.74) is 2.68. The Hall–Kier alpha value is -0.830. The van der Waals surface area contributed by atoms with Gasteiger partial charge in [-0.1, -0.05) is 6.42 Å². The average molecular weight is 249 g/mol. The van der Waals surface area contributed by atoms with Gasteiger partial charge in [0.15, 0.2) is 0 Å². The van der Waals surface area contributed by atoms with Crippen LogP contribution in [0.5, 0.6) is 5.75 Å². The molecule has 1 N–H and O–H groups in total. The molecule has 0 aliphatic carbocycles. The molecule has 1 saturated heterocycles. The van der Waals surface area contributed by atoms with Crippen molar-refractivity contribution in [1.82, 2.24) is 0 Å². The van der Waals surface area contributed by atoms with Crippen LogP contribution in [0.25, 0.3) is 0 Å². The molecular weight excluding hydrogens is 230 g/mol. The minimum Gasteiger partial charge on any atom is -0.492 e. The van der Waals surface area contributed by atoms with Gasteiger partial charge in [0, 0.05) is 17.5 Å². The molecule has 2 aliphatic heterocycles. The monoisotopic (exact) mass is 249 g/mol. The van der Waals surface area contributed by atoms with Crippen LogP contribution < -0.4 is 10.1 Å². The van der Waals surface area contributed by atoms with E-state index in [0.29, 0.717) is 5.25 Å². The smallest absolute Gasteiger partial charge is 0.119 e. The van der Waals surface area contributed by atoms with Gasteiger partial charge in [-0.15, -0.1) is 0 Å². The molecule has 0 saturated carbocycles. The van der Waals surface area contributed by atoms with Crippen molar-refractivity contribution in [2.24, 2.45) is 0 Å². The first-order valence-corrected chi connectivity index (χ1v) is 7.58. The Bertz CT molecular complexity index is 388. The highest BCUT2D eigenvalue weighted by Gasteiger charge is 2.15. The van der Waals surface area contributed by atoms with Crippen molar-refractivity contribution >= 4 is 17.4 Å². The first-order chi connectivity index (χ1) is 8.42. The lowest BCUT2D eigenvalue weighted by Crippen LogP contribution is -2.18. The van der Waals surface area contributed by atoms with Crippen molar-refractivity contribution in [2.45, 2.75) is 30.9 Å². The molecule has 17 heavy (non-hydrogen) atoms. The van der Waals surface area contributed by atoms with Gasteiger partial charge < -0.3 is 10.1 Å². The number of nitrogens with one attached hydrogen (secondary N) is 1. The third-order valence-electron chi connectivity index (χ3n) is 3.50. The molecular formula is C14H19NOS. The Kier molecular flexibility index (Phi) is 3.46. The zero-order valence-corrected chi connectivity index (χ0v) is 10.9. The predicted octanol–water partition coefficient (Wildman–Crippen LogP) is 3.32. The minimum atomic E-state index is 0.704. The van der Waals surface area contributed by atoms with Crippen LogP contribution in [0, 0.1) is 0 Å². The Morgan fingerprint density at radius 3 is 3.24 bits per heavy atom. The van der Waals surface area contributed by atoms with Crippen molar-refractivity contribution in [3.8, 4) is 5.75 Å². The first-order valence-electron chi connectivity index (χ1n) is 6.53. The fourth-order valence-electron chi connectivity index (χ4n) is 2.50. The van der Waals surface area contributed by atoms with Gasteiger partial charge in [0.25, 0.3) is 0 Å². The molecule has 3 heteroatoms. The van der Waals surface area contributed by atoms with E-state index < -0.39 is 0 Å². The van der Waals surface area contributed by atoms with Crippen LogP contribution in [-0.2, 0) is 6.42 Å². The number of fused-ring (bicyclic) bond motifs is 1. The highest BCUT2D eigenvalue weighted by atomic mass is 32.2. The Labute approximate surface area is 107 Å². The van der Waals surface area contributed by atoms with Crippen LogP contribution in [-0.4, -0.2) is 24.2 Å². The minimum absolute atomic E-state index is 0.704. The lowest BCUT2D eigenvalue weighted by atomic mass is 10.1. The van der Waals surface area contributed by atoms with Gasteiger partial charge >= 0.3 is 0 Å². The molecule has 1 atom stereocenters. The zero-order chi connectivity index (χ0) is 11.5. The number of anilines is 1. The van der Waals surface area contributed by atoms with Gasteiger partial charge in [0.1, 0.15) is 12.4 Å². The fraction of sp³-hybridized carbons (Fsp3) is 0.571. The van der Waals surface area contributed by atoms with E-state index in [0.717, 1.165) is 25.3 Å². The van der Waals surface area contributed by atoms with Crippen LogP contribution in [0.15, 0.2) is 18.2 Å². The van der Waals surface area contributed by atoms with Crippen molar-refractivity contribution in [3.63, 3.8) is 0 Å². The summed E-state index contributed by atoms with van der Waals surface area (Å²) in [6, 6.07) is 6.43. The molecule has 92 valence electrons. The molecule has 0 amide bonds. The van der Waals surface area contributed by atoms with E-state index in [-0.39, 0.29) is 0 Å². The maximum atomic E-state index is 5.92. The number of hydrogen-bond acceptors (Lipinski definition) is 3. The van der Waals surface area contributed by atoms with Crippen molar-refractivity contribution in [3.05, 3.63) is 23.8 Å². The van der Waals surface area contributed by atoms with Crippen molar-refractivity contribution in [2.75, 3.05) is 24.2 Å². The fourth-order valence-corrected chi connectivity index (χ4v) is 3.70. The summed E-state index contributed by atoms with van der Waals surface area (Å²) in [5.74, 6) is 2.35. The van der Waals surface area contributed by atoms with Crippen LogP contribution in [0.4, 0.5) is 5.69 Å². The summed E-state index contributed by atoms with van der Waals surface area (Å²) in [6.07, 6.45) is 5.20. The Morgan fingerprint density at radius 2 is 2.35 bits per heavy atom. The van der Waals surface area contributed by atoms with E-state index in [9.17, 15) is 0 Å². The summed E-state index contributed by atoms with van der Waals surface area (Å²) in [7, 11) is 0. The molecule has 1 fully saturated rings. The number of rotatable bonds is 3. The summed E-state index contributed by atoms with van der Waals surface area (Å²) >= 11 is 2.07. The number of benzene rings is 1. The SMILES string of the molecule is c1cc2c(cc1OCC1CCCCS1)CCN2. The standard InChI is InChI=1S/C14H19NOS/c1-2-8-17-13(3-1)10-16-12-4-5-14-11(9-12)6-7-15-14/h4-5,9,13,15H,1-3,6-8,10H2. The molecule has 2 heterocycles. The molecule has 1 aromatic rings. The Morgan fingerprint density at radius 1 is 1.35 bits per heavy atom. The largest absolute Gasteiger partial charge is 0.492 e. The first kappa shape index (κ1) is 11.3. The van der Waals surface area contributed by atoms with E-state index >= 15 is 0 Å². The van der Waals surface area contributed by atoms with E-state index in [1.807, 2.05) is 0 Å². The average Bonchev–Trinajstić information content (AvgIpc) is 2.85. The number of thioether (sulfide) groups is 1. The van der Waals surface area contributed by atoms with Crippen LogP contribution >= 0.6 is 11.8 Å². The summed E-state index contributed by atoms with van der Waals surface area (Å²) in [5, 5.41) is 4.08. The third-order valence-corrected chi connectivity index (χ3v) is 4.86. The molecule has 2 nitrogen and oxygen atoms in total. The molecule has 0 aromatic heterocycles. The maximum absolute atomic E-state index is 5.92. The second-order valence-electron chi connectivity index (χ2n) is 4.80. The van der Waals surface area contributed by atoms with Gasteiger partial charge in [-0.05, 0) is 48.8 Å². The molecule has 1 aromatic carbocycles. The van der Waals surface area contributed by atoms with E-state index in [1.165, 1.54) is 36.3 Å². The van der Waals surface area contributed by atoms with Crippen molar-refractivity contribution < 1.29 is 4.74 Å². The van der Waals surface area contributed by atoms with Crippen LogP contribution in [0.2, 0.25) is 0 Å². The number of ether oxygens (including phenoxy) is 1. The zero-order valence-electron chi connectivity index (χ0n) is 10.1. The molecule has 2 aliphatic rings. The van der Waals surface area contributed by atoms with E-state index in [1.54, 1.807) is 0 Å². The van der Waals surface area contributed by atoms with Gasteiger partial charge in [0.2, 0.25) is 0 Å². The van der Waals surface area contributed by atoms with Gasteiger partial charge in [-0.2, -0.15) is 11.8 Å². The normalized spacial score (nSPS) is 22.9. The third kappa shape index (κ3) is 2.71. The summed E-state index contributed by atoms with van der Waals surface area (Å²) < 4.78 is 5.92. The van der Waals surface area contributed by atoms with Crippen LogP contribution in [0.1, 0.15) is 24.8 Å². The molecule has 0 bridgehead atoms. The van der Waals surface area contributed by atoms with Crippen LogP contribution in [0.3, 0.4) is 0 Å². The van der Waals surface area contributed by atoms with Gasteiger partial charge in [-0.3, -0.25) is 0 Å². The highest BCUT2D eigenvalue weighted by molar-refractivity contribution is 7.99. The maximum Gasteiger partial charge on any atom is 0.119 e. The number of hydrogen-bond donors (Lipinski definition) is 1. The lowest BCUT2D eigenvalue weighted by Gasteiger charge is -2.21.